The van der Waals surface area contributed by atoms with E-state index in [0.29, 0.717) is 29.6 Å². The summed E-state index contributed by atoms with van der Waals surface area (Å²) >= 11 is 8.15. The largest absolute Gasteiger partial charge is 0.462 e. The van der Waals surface area contributed by atoms with Gasteiger partial charge >= 0.3 is 5.97 Å². The van der Waals surface area contributed by atoms with Crippen LogP contribution in [0.2, 0.25) is 5.15 Å². The highest BCUT2D eigenvalue weighted by molar-refractivity contribution is 14.2. The maximum atomic E-state index is 11.9. The Balaban J connectivity index is 0.000000956. The molecule has 2 heterocycles. The van der Waals surface area contributed by atoms with Crippen LogP contribution in [-0.4, -0.2) is 27.1 Å². The second-order valence-corrected chi connectivity index (χ2v) is 5.92. The van der Waals surface area contributed by atoms with Crippen molar-refractivity contribution in [3.63, 3.8) is 0 Å². The number of pyridine rings is 1. The molecule has 0 saturated carbocycles. The lowest BCUT2D eigenvalue weighted by Gasteiger charge is -2.04. The fourth-order valence-corrected chi connectivity index (χ4v) is 3.32. The Bertz CT molecular complexity index is 618. The fraction of sp³-hybridized carbons (Fsp3) is 0.417. The molecule has 8 heteroatoms. The van der Waals surface area contributed by atoms with E-state index >= 15 is 0 Å². The van der Waals surface area contributed by atoms with Gasteiger partial charge in [-0.15, -0.1) is 0 Å². The zero-order chi connectivity index (χ0) is 15.3. The van der Waals surface area contributed by atoms with Crippen LogP contribution in [0.15, 0.2) is 6.07 Å². The molecule has 0 saturated heterocycles. The Hall–Kier alpha value is -0.460. The van der Waals surface area contributed by atoms with E-state index in [1.54, 1.807) is 11.4 Å². The molecule has 1 atom stereocenters. The molecule has 0 amide bonds. The van der Waals surface area contributed by atoms with Crippen LogP contribution in [0.25, 0.3) is 11.0 Å². The Labute approximate surface area is 137 Å². The summed E-state index contributed by atoms with van der Waals surface area (Å²) in [5.41, 5.74) is 1.79. The summed E-state index contributed by atoms with van der Waals surface area (Å²) in [5, 5.41) is 5.32. The number of nitrogens with zero attached hydrogens (tertiary/aromatic N) is 3. The third-order valence-corrected chi connectivity index (χ3v) is 4.39. The summed E-state index contributed by atoms with van der Waals surface area (Å²) < 4.78 is 6.76. The van der Waals surface area contributed by atoms with Gasteiger partial charge in [0, 0.05) is 0 Å². The number of hydrogen-bond donors (Lipinski definition) is 0. The molecular formula is C12H16ClIN3O2P. The molecule has 0 spiro atoms. The highest BCUT2D eigenvalue weighted by Gasteiger charge is 2.19. The van der Waals surface area contributed by atoms with Crippen LogP contribution in [0.5, 0.6) is 0 Å². The molecule has 5 nitrogen and oxygen atoms in total. The van der Waals surface area contributed by atoms with Crippen LogP contribution >= 0.6 is 40.0 Å². The summed E-state index contributed by atoms with van der Waals surface area (Å²) in [6.45, 7) is 7.93. The van der Waals surface area contributed by atoms with E-state index < -0.39 is 5.97 Å². The second kappa shape index (κ2) is 8.10. The molecule has 110 valence electrons. The highest BCUT2D eigenvalue weighted by Crippen LogP contribution is 2.32. The average Bonchev–Trinajstić information content (AvgIpc) is 2.77. The van der Waals surface area contributed by atoms with Gasteiger partial charge in [0.2, 0.25) is 0 Å². The van der Waals surface area contributed by atoms with Gasteiger partial charge in [-0.05, 0) is 42.0 Å². The van der Waals surface area contributed by atoms with Crippen LogP contribution in [-0.2, 0) is 4.74 Å². The number of aromatic nitrogens is 3. The number of hydrogen-bond acceptors (Lipinski definition) is 4. The zero-order valence-electron chi connectivity index (χ0n) is 11.7. The third kappa shape index (κ3) is 3.59. The fourth-order valence-electron chi connectivity index (χ4n) is 1.69. The van der Waals surface area contributed by atoms with Crippen molar-refractivity contribution in [2.75, 3.05) is 6.61 Å². The summed E-state index contributed by atoms with van der Waals surface area (Å²) in [6, 6.07) is 1.53. The molecule has 0 aromatic carbocycles. The molecule has 0 aliphatic heterocycles. The number of fused-ring (bicyclic) bond motifs is 1. The van der Waals surface area contributed by atoms with Gasteiger partial charge in [0.15, 0.2) is 5.65 Å². The van der Waals surface area contributed by atoms with Gasteiger partial charge in [0.1, 0.15) is 5.15 Å². The first kappa shape index (κ1) is 17.6. The molecule has 1 unspecified atom stereocenters. The lowest BCUT2D eigenvalue weighted by atomic mass is 10.1. The van der Waals surface area contributed by atoms with Crippen molar-refractivity contribution in [1.82, 2.24) is 14.5 Å². The minimum atomic E-state index is -0.397. The van der Waals surface area contributed by atoms with E-state index in [1.165, 1.54) is 6.07 Å². The maximum absolute atomic E-state index is 11.9. The van der Waals surface area contributed by atoms with Crippen LogP contribution in [0.3, 0.4) is 0 Å². The molecule has 0 bridgehead atoms. The third-order valence-electron chi connectivity index (χ3n) is 2.36. The van der Waals surface area contributed by atoms with Gasteiger partial charge in [0.25, 0.3) is 0 Å². The van der Waals surface area contributed by atoms with Gasteiger partial charge in [-0.3, -0.25) is 0 Å². The van der Waals surface area contributed by atoms with E-state index in [-0.39, 0.29) is 5.15 Å². The van der Waals surface area contributed by atoms with Crippen LogP contribution < -0.4 is 0 Å². The summed E-state index contributed by atoms with van der Waals surface area (Å²) in [7, 11) is 0. The highest BCUT2D eigenvalue weighted by atomic mass is 127. The number of carbonyl (C=O) groups excluding carboxylic acids is 1. The molecule has 2 rings (SSSR count). The molecule has 2 aromatic heterocycles. The van der Waals surface area contributed by atoms with E-state index in [9.17, 15) is 4.79 Å². The van der Waals surface area contributed by atoms with Gasteiger partial charge < -0.3 is 4.74 Å². The minimum Gasteiger partial charge on any atom is -0.462 e. The number of esters is 1. The van der Waals surface area contributed by atoms with Gasteiger partial charge in [-0.2, -0.15) is 5.10 Å². The summed E-state index contributed by atoms with van der Waals surface area (Å²) in [6.07, 6.45) is 0.394. The second-order valence-electron chi connectivity index (χ2n) is 3.49. The van der Waals surface area contributed by atoms with E-state index in [0.717, 1.165) is 5.69 Å². The van der Waals surface area contributed by atoms with E-state index in [4.69, 9.17) is 16.3 Å². The first-order chi connectivity index (χ1) is 9.58. The maximum Gasteiger partial charge on any atom is 0.339 e. The monoisotopic (exact) mass is 427 g/mol. The number of carbonyl (C=O) groups is 1. The molecule has 0 radical (unpaired) electrons. The van der Waals surface area contributed by atoms with E-state index in [2.05, 4.69) is 32.1 Å². The molecule has 0 N–H and O–H groups in total. The molecule has 0 aliphatic rings. The lowest BCUT2D eigenvalue weighted by molar-refractivity contribution is 0.0528. The van der Waals surface area contributed by atoms with Crippen LogP contribution in [0.4, 0.5) is 0 Å². The quantitative estimate of drug-likeness (QED) is 0.316. The van der Waals surface area contributed by atoms with Crippen molar-refractivity contribution in [3.8, 4) is 0 Å². The van der Waals surface area contributed by atoms with Gasteiger partial charge in [-0.1, -0.05) is 25.4 Å². The van der Waals surface area contributed by atoms with Crippen molar-refractivity contribution in [3.05, 3.63) is 22.5 Å². The summed E-state index contributed by atoms with van der Waals surface area (Å²) in [5.74, 6) is -0.397. The molecule has 20 heavy (non-hydrogen) atoms. The van der Waals surface area contributed by atoms with Crippen molar-refractivity contribution >= 4 is 57.0 Å². The lowest BCUT2D eigenvalue weighted by Crippen LogP contribution is -2.06. The molecule has 0 aliphatic carbocycles. The van der Waals surface area contributed by atoms with Crippen LogP contribution in [0, 0.1) is 6.92 Å². The first-order valence-corrected chi connectivity index (χ1v) is 10.6. The van der Waals surface area contributed by atoms with Gasteiger partial charge in [-0.25, -0.2) is 14.2 Å². The standard InChI is InChI=1S/C10H10ClIN3O2P.C2H6/c1-3-17-10(16)6-4-7(11)13-9-8(6)5(2)14-15(9)18-12;1-2/h4,18H,3H2,1-2H3;1-2H3. The van der Waals surface area contributed by atoms with Crippen molar-refractivity contribution in [2.45, 2.75) is 27.7 Å². The van der Waals surface area contributed by atoms with Crippen molar-refractivity contribution in [2.24, 2.45) is 0 Å². The average molecular weight is 428 g/mol. The predicted molar refractivity (Wildman–Crippen MR) is 92.3 cm³/mol. The number of aryl methyl sites for hydroxylation is 1. The molecule has 2 aromatic rings. The number of rotatable bonds is 3. The van der Waals surface area contributed by atoms with Crippen molar-refractivity contribution in [1.29, 1.82) is 0 Å². The first-order valence-electron chi connectivity index (χ1n) is 6.18. The number of halogens is 2. The Morgan fingerprint density at radius 1 is 1.55 bits per heavy atom. The Morgan fingerprint density at radius 2 is 2.20 bits per heavy atom. The Kier molecular flexibility index (Phi) is 7.12. The molecule has 0 fully saturated rings. The normalized spacial score (nSPS) is 10.7. The molecular weight excluding hydrogens is 411 g/mol. The van der Waals surface area contributed by atoms with Gasteiger partial charge in [0.05, 0.1) is 29.6 Å². The Morgan fingerprint density at radius 3 is 2.75 bits per heavy atom. The smallest absolute Gasteiger partial charge is 0.339 e. The van der Waals surface area contributed by atoms with E-state index in [1.807, 2.05) is 20.8 Å². The topological polar surface area (TPSA) is 57.0 Å². The van der Waals surface area contributed by atoms with Crippen LogP contribution in [0.1, 0.15) is 36.8 Å². The predicted octanol–water partition coefficient (Wildman–Crippen LogP) is 4.39. The zero-order valence-corrected chi connectivity index (χ0v) is 15.6. The number of ether oxygens (including phenoxy) is 1. The summed E-state index contributed by atoms with van der Waals surface area (Å²) in [4.78, 5) is 16.1. The SMILES string of the molecule is CC.CCOC(=O)c1cc(Cl)nc2c1c(C)nn2PI. The van der Waals surface area contributed by atoms with Crippen molar-refractivity contribution < 1.29 is 9.53 Å². The minimum absolute atomic E-state index is 0.265.